The number of sulfonamides is 1. The predicted molar refractivity (Wildman–Crippen MR) is 87.3 cm³/mol. The molecule has 24 heavy (non-hydrogen) atoms. The van der Waals surface area contributed by atoms with Crippen molar-refractivity contribution in [1.29, 1.82) is 0 Å². The molecule has 130 valence electrons. The van der Waals surface area contributed by atoms with Gasteiger partial charge in [-0.1, -0.05) is 6.92 Å². The summed E-state index contributed by atoms with van der Waals surface area (Å²) in [5.74, 6) is 1.13. The Balaban J connectivity index is 1.68. The van der Waals surface area contributed by atoms with Crippen LogP contribution in [0, 0.1) is 0 Å². The lowest BCUT2D eigenvalue weighted by molar-refractivity contribution is 0.304. The van der Waals surface area contributed by atoms with Crippen molar-refractivity contribution in [3.63, 3.8) is 0 Å². The second kappa shape index (κ2) is 7.14. The van der Waals surface area contributed by atoms with Gasteiger partial charge in [0.1, 0.15) is 0 Å². The Bertz CT molecular complexity index is 765. The maximum atomic E-state index is 12.2. The zero-order chi connectivity index (χ0) is 17.0. The first kappa shape index (κ1) is 16.7. The van der Waals surface area contributed by atoms with Crippen molar-refractivity contribution in [3.8, 4) is 5.88 Å². The number of imidazole rings is 1. The van der Waals surface area contributed by atoms with Crippen molar-refractivity contribution < 1.29 is 13.2 Å². The van der Waals surface area contributed by atoms with E-state index in [4.69, 9.17) is 4.74 Å². The van der Waals surface area contributed by atoms with Gasteiger partial charge in [0.05, 0.1) is 19.1 Å². The van der Waals surface area contributed by atoms with E-state index in [2.05, 4.69) is 24.7 Å². The largest absolute Gasteiger partial charge is 0.475 e. The van der Waals surface area contributed by atoms with Gasteiger partial charge in [0, 0.05) is 31.5 Å². The minimum Gasteiger partial charge on any atom is -0.475 e. The third-order valence-corrected chi connectivity index (χ3v) is 5.11. The molecule has 2 N–H and O–H groups in total. The van der Waals surface area contributed by atoms with Crippen molar-refractivity contribution in [2.45, 2.75) is 30.8 Å². The van der Waals surface area contributed by atoms with Crippen LogP contribution in [0.1, 0.15) is 19.8 Å². The number of hydrogen-bond acceptors (Lipinski definition) is 7. The molecule has 1 atom stereocenters. The second-order valence-electron chi connectivity index (χ2n) is 5.50. The molecule has 1 aliphatic heterocycles. The van der Waals surface area contributed by atoms with Crippen LogP contribution < -0.4 is 14.4 Å². The summed E-state index contributed by atoms with van der Waals surface area (Å²) in [7, 11) is -3.59. The molecule has 1 saturated heterocycles. The van der Waals surface area contributed by atoms with Crippen LogP contribution in [0.3, 0.4) is 0 Å². The van der Waals surface area contributed by atoms with Gasteiger partial charge >= 0.3 is 0 Å². The lowest BCUT2D eigenvalue weighted by Crippen LogP contribution is -2.37. The number of aromatic amines is 1. The van der Waals surface area contributed by atoms with Gasteiger partial charge in [-0.25, -0.2) is 28.1 Å². The smallest absolute Gasteiger partial charge is 0.257 e. The van der Waals surface area contributed by atoms with E-state index in [1.807, 2.05) is 11.8 Å². The fraction of sp³-hybridized carbons (Fsp3) is 0.500. The van der Waals surface area contributed by atoms with Gasteiger partial charge in [0.2, 0.25) is 0 Å². The number of nitrogens with one attached hydrogen (secondary N) is 2. The van der Waals surface area contributed by atoms with Gasteiger partial charge in [0.25, 0.3) is 15.9 Å². The highest BCUT2D eigenvalue weighted by Crippen LogP contribution is 2.26. The number of rotatable bonds is 7. The first-order valence-corrected chi connectivity index (χ1v) is 9.28. The Hall–Kier alpha value is -2.20. The number of anilines is 1. The first-order valence-electron chi connectivity index (χ1n) is 7.79. The molecule has 10 heteroatoms. The van der Waals surface area contributed by atoms with E-state index in [1.54, 1.807) is 12.4 Å². The SMILES string of the molecule is CCCOc1nccnc1N1CCC(NS(=O)(=O)c2cnc[nH]2)C1. The monoisotopic (exact) mass is 352 g/mol. The topological polar surface area (TPSA) is 113 Å². The number of H-pyrrole nitrogens is 1. The average Bonchev–Trinajstić information content (AvgIpc) is 3.25. The minimum atomic E-state index is -3.59. The minimum absolute atomic E-state index is 0.0624. The molecule has 0 amide bonds. The summed E-state index contributed by atoms with van der Waals surface area (Å²) in [6.45, 7) is 3.77. The van der Waals surface area contributed by atoms with Crippen LogP contribution >= 0.6 is 0 Å². The van der Waals surface area contributed by atoms with Crippen molar-refractivity contribution in [1.82, 2.24) is 24.7 Å². The summed E-state index contributed by atoms with van der Waals surface area (Å²) in [5, 5.41) is 0.0624. The molecule has 0 bridgehead atoms. The average molecular weight is 352 g/mol. The summed E-state index contributed by atoms with van der Waals surface area (Å²) in [4.78, 5) is 16.9. The van der Waals surface area contributed by atoms with E-state index in [9.17, 15) is 8.42 Å². The Labute approximate surface area is 140 Å². The van der Waals surface area contributed by atoms with E-state index < -0.39 is 10.0 Å². The van der Waals surface area contributed by atoms with E-state index in [-0.39, 0.29) is 11.1 Å². The van der Waals surface area contributed by atoms with Crippen LogP contribution in [0.2, 0.25) is 0 Å². The van der Waals surface area contributed by atoms with Crippen LogP contribution in [0.15, 0.2) is 29.9 Å². The van der Waals surface area contributed by atoms with Gasteiger partial charge in [-0.3, -0.25) is 0 Å². The lowest BCUT2D eigenvalue weighted by Gasteiger charge is -2.19. The highest BCUT2D eigenvalue weighted by molar-refractivity contribution is 7.89. The number of nitrogens with zero attached hydrogens (tertiary/aromatic N) is 4. The van der Waals surface area contributed by atoms with E-state index in [1.165, 1.54) is 12.5 Å². The Morgan fingerprint density at radius 2 is 2.25 bits per heavy atom. The molecule has 3 heterocycles. The van der Waals surface area contributed by atoms with Crippen molar-refractivity contribution in [2.75, 3.05) is 24.6 Å². The third kappa shape index (κ3) is 3.65. The quantitative estimate of drug-likeness (QED) is 0.748. The molecular weight excluding hydrogens is 332 g/mol. The maximum Gasteiger partial charge on any atom is 0.257 e. The van der Waals surface area contributed by atoms with Gasteiger partial charge in [-0.2, -0.15) is 0 Å². The molecule has 1 aliphatic rings. The predicted octanol–water partition coefficient (Wildman–Crippen LogP) is 0.546. The summed E-state index contributed by atoms with van der Waals surface area (Å²) in [6, 6.07) is -0.209. The van der Waals surface area contributed by atoms with E-state index in [0.29, 0.717) is 37.8 Å². The maximum absolute atomic E-state index is 12.2. The van der Waals surface area contributed by atoms with E-state index >= 15 is 0 Å². The molecule has 2 aromatic rings. The van der Waals surface area contributed by atoms with Crippen LogP contribution in [0.5, 0.6) is 5.88 Å². The molecule has 3 rings (SSSR count). The third-order valence-electron chi connectivity index (χ3n) is 3.66. The lowest BCUT2D eigenvalue weighted by atomic mass is 10.3. The molecule has 0 saturated carbocycles. The molecule has 9 nitrogen and oxygen atoms in total. The van der Waals surface area contributed by atoms with Crippen molar-refractivity contribution >= 4 is 15.8 Å². The molecular formula is C14H20N6O3S. The number of hydrogen-bond donors (Lipinski definition) is 2. The number of ether oxygens (including phenoxy) is 1. The molecule has 0 radical (unpaired) electrons. The van der Waals surface area contributed by atoms with Crippen LogP contribution in [-0.2, 0) is 10.0 Å². The van der Waals surface area contributed by atoms with Crippen LogP contribution in [-0.4, -0.2) is 54.1 Å². The second-order valence-corrected chi connectivity index (χ2v) is 7.18. The summed E-state index contributed by atoms with van der Waals surface area (Å²) in [6.07, 6.45) is 7.37. The fourth-order valence-electron chi connectivity index (χ4n) is 2.56. The summed E-state index contributed by atoms with van der Waals surface area (Å²) >= 11 is 0. The molecule has 0 spiro atoms. The normalized spacial score (nSPS) is 18.0. The van der Waals surface area contributed by atoms with Crippen LogP contribution in [0.25, 0.3) is 0 Å². The van der Waals surface area contributed by atoms with Gasteiger partial charge < -0.3 is 14.6 Å². The molecule has 1 unspecified atom stereocenters. The van der Waals surface area contributed by atoms with Gasteiger partial charge in [-0.05, 0) is 12.8 Å². The molecule has 2 aromatic heterocycles. The zero-order valence-corrected chi connectivity index (χ0v) is 14.2. The molecule has 0 aromatic carbocycles. The Kier molecular flexibility index (Phi) is 4.95. The highest BCUT2D eigenvalue weighted by Gasteiger charge is 2.30. The highest BCUT2D eigenvalue weighted by atomic mass is 32.2. The fourth-order valence-corrected chi connectivity index (χ4v) is 3.72. The van der Waals surface area contributed by atoms with Crippen LogP contribution in [0.4, 0.5) is 5.82 Å². The zero-order valence-electron chi connectivity index (χ0n) is 13.3. The van der Waals surface area contributed by atoms with Crippen molar-refractivity contribution in [3.05, 3.63) is 24.9 Å². The van der Waals surface area contributed by atoms with Gasteiger partial charge in [-0.15, -0.1) is 0 Å². The Morgan fingerprint density at radius 1 is 1.42 bits per heavy atom. The van der Waals surface area contributed by atoms with Gasteiger partial charge in [0.15, 0.2) is 10.8 Å². The standard InChI is InChI=1S/C14H20N6O3S/c1-2-7-23-14-13(16-4-5-17-14)20-6-3-11(9-20)19-24(21,22)12-8-15-10-18-12/h4-5,8,10-11,19H,2-3,6-7,9H2,1H3,(H,15,18). The molecule has 1 fully saturated rings. The van der Waals surface area contributed by atoms with E-state index in [0.717, 1.165) is 6.42 Å². The summed E-state index contributed by atoms with van der Waals surface area (Å²) in [5.41, 5.74) is 0. The number of aromatic nitrogens is 4. The summed E-state index contributed by atoms with van der Waals surface area (Å²) < 4.78 is 32.8. The molecule has 0 aliphatic carbocycles. The first-order chi connectivity index (χ1) is 11.6. The van der Waals surface area contributed by atoms with Crippen molar-refractivity contribution in [2.24, 2.45) is 0 Å². The Morgan fingerprint density at radius 3 is 3.00 bits per heavy atom.